The van der Waals surface area contributed by atoms with E-state index < -0.39 is 23.5 Å². The quantitative estimate of drug-likeness (QED) is 0.255. The molecule has 1 unspecified atom stereocenters. The molecule has 198 valence electrons. The van der Waals surface area contributed by atoms with E-state index >= 15 is 0 Å². The summed E-state index contributed by atoms with van der Waals surface area (Å²) in [4.78, 5) is 29.0. The van der Waals surface area contributed by atoms with Gasteiger partial charge in [0.25, 0.3) is 5.91 Å². The van der Waals surface area contributed by atoms with E-state index in [0.29, 0.717) is 54.5 Å². The van der Waals surface area contributed by atoms with Crippen molar-refractivity contribution in [3.63, 3.8) is 0 Å². The van der Waals surface area contributed by atoms with Gasteiger partial charge in [-0.25, -0.2) is 0 Å². The minimum absolute atomic E-state index is 0.0195. The topological polar surface area (TPSA) is 83.3 Å². The third kappa shape index (κ3) is 5.89. The standard InChI is InChI=1S/C31H34N2O5/c1-5-37-24-13-11-23(12-14-24)28-27(30(35)31(36)33(28)18-17-32(3)4)29(34)26-16-15-25(19-21(26)2)38-20-22-9-7-6-8-10-22/h6-16,19,28,34H,5,17-18,20H2,1-4H3. The van der Waals surface area contributed by atoms with Crippen LogP contribution in [0.25, 0.3) is 5.76 Å². The molecule has 0 aliphatic carbocycles. The summed E-state index contributed by atoms with van der Waals surface area (Å²) in [5.41, 5.74) is 2.77. The molecule has 0 aromatic heterocycles. The lowest BCUT2D eigenvalue weighted by Gasteiger charge is -2.28. The summed E-state index contributed by atoms with van der Waals surface area (Å²) in [7, 11) is 3.96. The lowest BCUT2D eigenvalue weighted by atomic mass is 9.94. The molecule has 4 rings (SSSR count). The average molecular weight is 515 g/mol. The number of nitrogens with one attached hydrogen (secondary N) is 1. The number of hydrogen-bond acceptors (Lipinski definition) is 5. The first-order valence-corrected chi connectivity index (χ1v) is 12.9. The third-order valence-electron chi connectivity index (χ3n) is 6.58. The van der Waals surface area contributed by atoms with Crippen molar-refractivity contribution < 1.29 is 29.1 Å². The number of amides is 1. The smallest absolute Gasteiger partial charge is 0.295 e. The Morgan fingerprint density at radius 2 is 1.63 bits per heavy atom. The number of ketones is 1. The summed E-state index contributed by atoms with van der Waals surface area (Å²) in [6.07, 6.45) is 0. The SMILES string of the molecule is CCOc1ccc(C2C(=C([O-])c3ccc(OCc4ccccc4)cc3C)C(=O)C(=O)N2CC[NH+](C)C)cc1. The highest BCUT2D eigenvalue weighted by Crippen LogP contribution is 2.39. The van der Waals surface area contributed by atoms with Crippen LogP contribution in [0.1, 0.15) is 35.2 Å². The molecular weight excluding hydrogens is 480 g/mol. The van der Waals surface area contributed by atoms with Gasteiger partial charge in [-0.3, -0.25) is 9.59 Å². The molecular formula is C31H34N2O5. The van der Waals surface area contributed by atoms with Gasteiger partial charge in [-0.1, -0.05) is 54.3 Å². The van der Waals surface area contributed by atoms with Crippen molar-refractivity contribution in [2.45, 2.75) is 26.5 Å². The van der Waals surface area contributed by atoms with E-state index in [-0.39, 0.29) is 5.57 Å². The number of quaternary nitrogens is 1. The van der Waals surface area contributed by atoms with Crippen molar-refractivity contribution >= 4 is 17.4 Å². The maximum atomic E-state index is 13.8. The molecule has 3 aromatic rings. The predicted molar refractivity (Wildman–Crippen MR) is 144 cm³/mol. The maximum absolute atomic E-state index is 13.8. The molecule has 0 radical (unpaired) electrons. The molecule has 7 nitrogen and oxygen atoms in total. The van der Waals surface area contributed by atoms with Crippen LogP contribution >= 0.6 is 0 Å². The van der Waals surface area contributed by atoms with Gasteiger partial charge in [-0.05, 0) is 60.4 Å². The molecule has 1 amide bonds. The van der Waals surface area contributed by atoms with Crippen LogP contribution in [0.15, 0.2) is 78.4 Å². The number of benzene rings is 3. The van der Waals surface area contributed by atoms with Gasteiger partial charge in [0.05, 0.1) is 39.8 Å². The van der Waals surface area contributed by atoms with E-state index in [1.807, 2.05) is 70.4 Å². The number of nitrogens with zero attached hydrogens (tertiary/aromatic N) is 1. The van der Waals surface area contributed by atoms with Crippen LogP contribution in [-0.2, 0) is 16.2 Å². The number of aryl methyl sites for hydroxylation is 1. The molecule has 1 N–H and O–H groups in total. The van der Waals surface area contributed by atoms with Gasteiger partial charge >= 0.3 is 0 Å². The fourth-order valence-corrected chi connectivity index (χ4v) is 4.57. The summed E-state index contributed by atoms with van der Waals surface area (Å²) >= 11 is 0. The minimum atomic E-state index is -0.758. The van der Waals surface area contributed by atoms with Crippen molar-refractivity contribution in [3.8, 4) is 11.5 Å². The highest BCUT2D eigenvalue weighted by molar-refractivity contribution is 6.46. The van der Waals surface area contributed by atoms with E-state index in [0.717, 1.165) is 10.5 Å². The Bertz CT molecular complexity index is 1320. The van der Waals surface area contributed by atoms with E-state index in [1.54, 1.807) is 30.3 Å². The Morgan fingerprint density at radius 3 is 2.26 bits per heavy atom. The highest BCUT2D eigenvalue weighted by atomic mass is 16.5. The van der Waals surface area contributed by atoms with Crippen molar-refractivity contribution in [1.29, 1.82) is 0 Å². The van der Waals surface area contributed by atoms with Gasteiger partial charge in [0.1, 0.15) is 18.1 Å². The first-order valence-electron chi connectivity index (χ1n) is 12.9. The molecule has 1 fully saturated rings. The molecule has 0 bridgehead atoms. The van der Waals surface area contributed by atoms with Gasteiger partial charge in [0.2, 0.25) is 5.78 Å². The summed E-state index contributed by atoms with van der Waals surface area (Å²) in [5, 5.41) is 13.8. The first-order chi connectivity index (χ1) is 18.3. The zero-order chi connectivity index (χ0) is 27.2. The monoisotopic (exact) mass is 514 g/mol. The summed E-state index contributed by atoms with van der Waals surface area (Å²) in [6, 6.07) is 21.5. The molecule has 1 atom stereocenters. The van der Waals surface area contributed by atoms with Crippen molar-refractivity contribution in [2.24, 2.45) is 0 Å². The van der Waals surface area contributed by atoms with Crippen LogP contribution in [0, 0.1) is 6.92 Å². The Morgan fingerprint density at radius 1 is 0.947 bits per heavy atom. The Labute approximate surface area is 223 Å². The average Bonchev–Trinajstić information content (AvgIpc) is 3.16. The molecule has 1 heterocycles. The van der Waals surface area contributed by atoms with Gasteiger partial charge in [0.15, 0.2) is 0 Å². The van der Waals surface area contributed by atoms with Gasteiger partial charge < -0.3 is 24.4 Å². The first kappa shape index (κ1) is 26.9. The minimum Gasteiger partial charge on any atom is -0.872 e. The van der Waals surface area contributed by atoms with Crippen molar-refractivity contribution in [2.75, 3.05) is 33.8 Å². The number of carbonyl (C=O) groups is 2. The summed E-state index contributed by atoms with van der Waals surface area (Å²) in [6.45, 7) is 5.63. The number of Topliss-reactive ketones (excluding diaryl/α,β-unsaturated/α-hetero) is 1. The van der Waals surface area contributed by atoms with Crippen LogP contribution in [0.2, 0.25) is 0 Å². The van der Waals surface area contributed by atoms with Gasteiger partial charge in [-0.2, -0.15) is 0 Å². The van der Waals surface area contributed by atoms with Crippen LogP contribution in [0.4, 0.5) is 0 Å². The fraction of sp³-hybridized carbons (Fsp3) is 0.290. The number of likely N-dealkylation sites (tertiary alicyclic amines) is 1. The summed E-state index contributed by atoms with van der Waals surface area (Å²) in [5.74, 6) is -0.513. The molecule has 3 aromatic carbocycles. The fourth-order valence-electron chi connectivity index (χ4n) is 4.57. The van der Waals surface area contributed by atoms with E-state index in [2.05, 4.69) is 0 Å². The molecule has 7 heteroatoms. The zero-order valence-electron chi connectivity index (χ0n) is 22.3. The number of likely N-dealkylation sites (N-methyl/N-ethyl adjacent to an activating group) is 1. The molecule has 1 aliphatic heterocycles. The van der Waals surface area contributed by atoms with Crippen LogP contribution in [0.5, 0.6) is 11.5 Å². The number of hydrogen-bond donors (Lipinski definition) is 1. The van der Waals surface area contributed by atoms with Crippen molar-refractivity contribution in [3.05, 3.63) is 101 Å². The second-order valence-corrected chi connectivity index (χ2v) is 9.68. The second-order valence-electron chi connectivity index (χ2n) is 9.68. The van der Waals surface area contributed by atoms with Gasteiger partial charge in [-0.15, -0.1) is 0 Å². The lowest BCUT2D eigenvalue weighted by molar-refractivity contribution is -0.857. The molecule has 0 spiro atoms. The van der Waals surface area contributed by atoms with E-state index in [9.17, 15) is 14.7 Å². The van der Waals surface area contributed by atoms with Crippen LogP contribution in [0.3, 0.4) is 0 Å². The predicted octanol–water partition coefficient (Wildman–Crippen LogP) is 2.34. The normalized spacial score (nSPS) is 16.8. The van der Waals surface area contributed by atoms with Crippen molar-refractivity contribution in [1.82, 2.24) is 4.90 Å². The number of carbonyl (C=O) groups excluding carboxylic acids is 2. The molecule has 1 saturated heterocycles. The van der Waals surface area contributed by atoms with E-state index in [1.165, 1.54) is 4.90 Å². The summed E-state index contributed by atoms with van der Waals surface area (Å²) < 4.78 is 11.5. The Kier molecular flexibility index (Phi) is 8.48. The highest BCUT2D eigenvalue weighted by Gasteiger charge is 2.44. The molecule has 1 aliphatic rings. The number of ether oxygens (including phenoxy) is 2. The third-order valence-corrected chi connectivity index (χ3v) is 6.58. The number of rotatable bonds is 10. The van der Waals surface area contributed by atoms with E-state index in [4.69, 9.17) is 9.47 Å². The Balaban J connectivity index is 1.69. The van der Waals surface area contributed by atoms with Gasteiger partial charge in [0, 0.05) is 5.57 Å². The second kappa shape index (κ2) is 12.0. The molecule has 38 heavy (non-hydrogen) atoms. The zero-order valence-corrected chi connectivity index (χ0v) is 22.3. The van der Waals surface area contributed by atoms with Crippen LogP contribution < -0.4 is 19.5 Å². The largest absolute Gasteiger partial charge is 0.872 e. The molecule has 0 saturated carbocycles. The maximum Gasteiger partial charge on any atom is 0.295 e. The lowest BCUT2D eigenvalue weighted by Crippen LogP contribution is -3.06. The van der Waals surface area contributed by atoms with Crippen LogP contribution in [-0.4, -0.2) is 50.4 Å². The Hall–Kier alpha value is -4.10.